The normalized spacial score (nSPS) is 10.6. The molecule has 0 fully saturated rings. The highest BCUT2D eigenvalue weighted by Gasteiger charge is 2.27. The summed E-state index contributed by atoms with van der Waals surface area (Å²) in [5.41, 5.74) is 6.01. The van der Waals surface area contributed by atoms with Crippen LogP contribution in [-0.4, -0.2) is 34.8 Å². The van der Waals surface area contributed by atoms with Gasteiger partial charge in [-0.3, -0.25) is 10.1 Å². The lowest BCUT2D eigenvalue weighted by Gasteiger charge is -2.18. The van der Waals surface area contributed by atoms with Gasteiger partial charge < -0.3 is 10.6 Å². The number of hydrogen-bond acceptors (Lipinski definition) is 5. The van der Waals surface area contributed by atoms with Gasteiger partial charge in [0.15, 0.2) is 0 Å². The van der Waals surface area contributed by atoms with Crippen LogP contribution >= 0.6 is 0 Å². The van der Waals surface area contributed by atoms with Gasteiger partial charge in [0.05, 0.1) is 4.92 Å². The monoisotopic (exact) mass is 241 g/mol. The summed E-state index contributed by atoms with van der Waals surface area (Å²) in [5.74, 6) is 0.541. The smallest absolute Gasteiger partial charge is 0.333 e. The zero-order valence-corrected chi connectivity index (χ0v) is 10.5. The molecule has 1 aromatic rings. The fourth-order valence-electron chi connectivity index (χ4n) is 1.82. The van der Waals surface area contributed by atoms with Crippen LogP contribution in [0.5, 0.6) is 0 Å². The van der Waals surface area contributed by atoms with Crippen molar-refractivity contribution in [2.24, 2.45) is 5.73 Å². The van der Waals surface area contributed by atoms with Gasteiger partial charge in [0, 0.05) is 26.7 Å². The van der Waals surface area contributed by atoms with Gasteiger partial charge in [-0.1, -0.05) is 6.92 Å². The highest BCUT2D eigenvalue weighted by molar-refractivity contribution is 5.61. The number of nitro groups is 1. The van der Waals surface area contributed by atoms with Crippen LogP contribution in [-0.2, 0) is 6.54 Å². The van der Waals surface area contributed by atoms with Crippen LogP contribution in [0, 0.1) is 17.0 Å². The summed E-state index contributed by atoms with van der Waals surface area (Å²) in [6.07, 6.45) is 0.877. The van der Waals surface area contributed by atoms with E-state index in [2.05, 4.69) is 5.10 Å². The van der Waals surface area contributed by atoms with Crippen molar-refractivity contribution in [3.63, 3.8) is 0 Å². The van der Waals surface area contributed by atoms with E-state index in [1.165, 1.54) is 0 Å². The quantitative estimate of drug-likeness (QED) is 0.590. The van der Waals surface area contributed by atoms with E-state index in [1.54, 1.807) is 23.6 Å². The Morgan fingerprint density at radius 3 is 2.71 bits per heavy atom. The lowest BCUT2D eigenvalue weighted by Crippen LogP contribution is -2.27. The number of aromatic nitrogens is 2. The fraction of sp³-hybridized carbons (Fsp3) is 0.700. The molecular formula is C10H19N5O2. The fourth-order valence-corrected chi connectivity index (χ4v) is 1.82. The molecule has 0 aliphatic carbocycles. The molecule has 0 saturated carbocycles. The summed E-state index contributed by atoms with van der Waals surface area (Å²) < 4.78 is 1.68. The van der Waals surface area contributed by atoms with E-state index < -0.39 is 0 Å². The molecule has 0 bridgehead atoms. The second kappa shape index (κ2) is 5.62. The Labute approximate surface area is 100 Å². The zero-order chi connectivity index (χ0) is 13.0. The average Bonchev–Trinajstić information content (AvgIpc) is 2.56. The van der Waals surface area contributed by atoms with Crippen LogP contribution in [0.15, 0.2) is 0 Å². The van der Waals surface area contributed by atoms with E-state index in [9.17, 15) is 10.1 Å². The molecule has 0 spiro atoms. The molecule has 1 heterocycles. The van der Waals surface area contributed by atoms with Crippen molar-refractivity contribution in [3.8, 4) is 0 Å². The highest BCUT2D eigenvalue weighted by Crippen LogP contribution is 2.30. The molecule has 17 heavy (non-hydrogen) atoms. The van der Waals surface area contributed by atoms with Crippen molar-refractivity contribution in [3.05, 3.63) is 15.8 Å². The molecule has 0 aromatic carbocycles. The molecule has 7 heteroatoms. The van der Waals surface area contributed by atoms with E-state index >= 15 is 0 Å². The number of rotatable bonds is 6. The first-order valence-corrected chi connectivity index (χ1v) is 5.65. The van der Waals surface area contributed by atoms with Crippen LogP contribution in [0.4, 0.5) is 11.5 Å². The van der Waals surface area contributed by atoms with E-state index in [-0.39, 0.29) is 10.6 Å². The first kappa shape index (κ1) is 13.4. The molecule has 0 radical (unpaired) electrons. The molecule has 0 unspecified atom stereocenters. The summed E-state index contributed by atoms with van der Waals surface area (Å²) in [4.78, 5) is 12.5. The Hall–Kier alpha value is -1.63. The summed E-state index contributed by atoms with van der Waals surface area (Å²) in [6.45, 7) is 5.35. The first-order chi connectivity index (χ1) is 8.02. The molecule has 1 rings (SSSR count). The van der Waals surface area contributed by atoms with Gasteiger partial charge in [-0.2, -0.15) is 5.10 Å². The molecule has 96 valence electrons. The van der Waals surface area contributed by atoms with Crippen molar-refractivity contribution >= 4 is 11.5 Å². The minimum Gasteiger partial charge on any atom is -0.353 e. The lowest BCUT2D eigenvalue weighted by molar-refractivity contribution is -0.384. The largest absolute Gasteiger partial charge is 0.353 e. The molecule has 0 aliphatic heterocycles. The van der Waals surface area contributed by atoms with E-state index in [4.69, 9.17) is 5.73 Å². The van der Waals surface area contributed by atoms with Crippen LogP contribution in [0.25, 0.3) is 0 Å². The van der Waals surface area contributed by atoms with Crippen LogP contribution in [0.3, 0.4) is 0 Å². The number of nitrogens with two attached hydrogens (primary N) is 1. The molecule has 0 amide bonds. The van der Waals surface area contributed by atoms with Gasteiger partial charge in [0.2, 0.25) is 5.82 Å². The maximum Gasteiger partial charge on any atom is 0.333 e. The molecule has 0 saturated heterocycles. The second-order valence-corrected chi connectivity index (χ2v) is 3.95. The Balaban J connectivity index is 3.24. The zero-order valence-electron chi connectivity index (χ0n) is 10.5. The third-order valence-corrected chi connectivity index (χ3v) is 2.51. The maximum atomic E-state index is 11.1. The number of likely N-dealkylation sites (N-methyl/N-ethyl adjacent to an activating group) is 1. The standard InChI is InChI=1S/C10H19N5O2/c1-4-6-14-10(13(3)7-5-11)9(15(16)17)8(2)12-14/h4-7,11H2,1-3H3. The number of hydrogen-bond donors (Lipinski definition) is 1. The molecule has 1 aromatic heterocycles. The third-order valence-electron chi connectivity index (χ3n) is 2.51. The summed E-state index contributed by atoms with van der Waals surface area (Å²) in [7, 11) is 1.79. The van der Waals surface area contributed by atoms with Crippen LogP contribution in [0.1, 0.15) is 19.0 Å². The Morgan fingerprint density at radius 2 is 2.24 bits per heavy atom. The van der Waals surface area contributed by atoms with Gasteiger partial charge in [0.1, 0.15) is 5.69 Å². The predicted molar refractivity (Wildman–Crippen MR) is 66.2 cm³/mol. The van der Waals surface area contributed by atoms with Gasteiger partial charge >= 0.3 is 5.69 Å². The molecule has 2 N–H and O–H groups in total. The molecule has 0 atom stereocenters. The van der Waals surface area contributed by atoms with Crippen molar-refractivity contribution in [1.82, 2.24) is 9.78 Å². The van der Waals surface area contributed by atoms with E-state index in [0.717, 1.165) is 6.42 Å². The van der Waals surface area contributed by atoms with Crippen LogP contribution < -0.4 is 10.6 Å². The van der Waals surface area contributed by atoms with Gasteiger partial charge in [0.25, 0.3) is 0 Å². The summed E-state index contributed by atoms with van der Waals surface area (Å²) in [6, 6.07) is 0. The Morgan fingerprint density at radius 1 is 1.59 bits per heavy atom. The Kier molecular flexibility index (Phi) is 4.45. The van der Waals surface area contributed by atoms with E-state index in [1.807, 2.05) is 6.92 Å². The number of nitrogens with zero attached hydrogens (tertiary/aromatic N) is 4. The molecular weight excluding hydrogens is 222 g/mol. The van der Waals surface area contributed by atoms with Crippen molar-refractivity contribution in [1.29, 1.82) is 0 Å². The van der Waals surface area contributed by atoms with Gasteiger partial charge in [-0.05, 0) is 13.3 Å². The first-order valence-electron chi connectivity index (χ1n) is 5.65. The Bertz CT molecular complexity index is 402. The topological polar surface area (TPSA) is 90.2 Å². The van der Waals surface area contributed by atoms with Crippen LogP contribution in [0.2, 0.25) is 0 Å². The van der Waals surface area contributed by atoms with Crippen molar-refractivity contribution in [2.45, 2.75) is 26.8 Å². The lowest BCUT2D eigenvalue weighted by atomic mass is 10.3. The SMILES string of the molecule is CCCn1nc(C)c([N+](=O)[O-])c1N(C)CCN. The molecule has 7 nitrogen and oxygen atoms in total. The van der Waals surface area contributed by atoms with Gasteiger partial charge in [-0.25, -0.2) is 4.68 Å². The second-order valence-electron chi connectivity index (χ2n) is 3.95. The van der Waals surface area contributed by atoms with E-state index in [0.29, 0.717) is 31.1 Å². The van der Waals surface area contributed by atoms with Crippen molar-refractivity contribution < 1.29 is 4.92 Å². The van der Waals surface area contributed by atoms with Gasteiger partial charge in [-0.15, -0.1) is 0 Å². The molecule has 0 aliphatic rings. The average molecular weight is 241 g/mol. The minimum atomic E-state index is -0.378. The number of anilines is 1. The predicted octanol–water partition coefficient (Wildman–Crippen LogP) is 0.905. The maximum absolute atomic E-state index is 11.1. The minimum absolute atomic E-state index is 0.0781. The third kappa shape index (κ3) is 2.73. The summed E-state index contributed by atoms with van der Waals surface area (Å²) in [5, 5.41) is 15.3. The summed E-state index contributed by atoms with van der Waals surface area (Å²) >= 11 is 0. The van der Waals surface area contributed by atoms with Crippen molar-refractivity contribution in [2.75, 3.05) is 25.0 Å². The number of aryl methyl sites for hydroxylation is 2. The highest BCUT2D eigenvalue weighted by atomic mass is 16.6.